The van der Waals surface area contributed by atoms with E-state index in [2.05, 4.69) is 15.5 Å². The third-order valence-electron chi connectivity index (χ3n) is 2.44. The predicted molar refractivity (Wildman–Crippen MR) is 65.6 cm³/mol. The van der Waals surface area contributed by atoms with Crippen molar-refractivity contribution in [1.82, 2.24) is 10.2 Å². The first-order valence-electron chi connectivity index (χ1n) is 5.25. The van der Waals surface area contributed by atoms with Crippen molar-refractivity contribution >= 4 is 11.5 Å². The van der Waals surface area contributed by atoms with Gasteiger partial charge in [-0.3, -0.25) is 0 Å². The predicted octanol–water partition coefficient (Wildman–Crippen LogP) is 1.94. The average Bonchev–Trinajstić information content (AvgIpc) is 2.85. The summed E-state index contributed by atoms with van der Waals surface area (Å²) in [6.45, 7) is 0.477. The summed E-state index contributed by atoms with van der Waals surface area (Å²) in [7, 11) is 1.60. The van der Waals surface area contributed by atoms with Crippen LogP contribution in [-0.4, -0.2) is 22.2 Å². The highest BCUT2D eigenvalue weighted by Gasteiger charge is 2.13. The molecule has 2 aromatic rings. The Labute approximate surface area is 103 Å². The minimum Gasteiger partial charge on any atom is -0.497 e. The maximum Gasteiger partial charge on any atom is 0.366 e. The van der Waals surface area contributed by atoms with Gasteiger partial charge in [-0.05, 0) is 22.6 Å². The third-order valence-corrected chi connectivity index (χ3v) is 2.44. The van der Waals surface area contributed by atoms with Crippen LogP contribution in [0.25, 0.3) is 0 Å². The van der Waals surface area contributed by atoms with Gasteiger partial charge in [0.2, 0.25) is 0 Å². The molecule has 0 fully saturated rings. The molecule has 0 atom stereocenters. The molecule has 1 aromatic heterocycles. The molecule has 7 nitrogen and oxygen atoms in total. The zero-order valence-electron chi connectivity index (χ0n) is 9.71. The second-order valence-electron chi connectivity index (χ2n) is 3.59. The Balaban J connectivity index is 2.02. The van der Waals surface area contributed by atoms with Crippen LogP contribution < -0.4 is 10.1 Å². The van der Waals surface area contributed by atoms with Gasteiger partial charge in [-0.2, -0.15) is 0 Å². The fourth-order valence-corrected chi connectivity index (χ4v) is 1.49. The van der Waals surface area contributed by atoms with E-state index >= 15 is 0 Å². The molecule has 0 aliphatic carbocycles. The van der Waals surface area contributed by atoms with Crippen molar-refractivity contribution in [3.05, 3.63) is 46.1 Å². The fraction of sp³-hybridized carbons (Fsp3) is 0.182. The zero-order valence-corrected chi connectivity index (χ0v) is 9.71. The minimum atomic E-state index is -0.511. The van der Waals surface area contributed by atoms with Gasteiger partial charge in [0, 0.05) is 6.54 Å². The lowest BCUT2D eigenvalue weighted by molar-refractivity contribution is -0.388. The number of ether oxygens (including phenoxy) is 1. The normalized spacial score (nSPS) is 10.1. The van der Waals surface area contributed by atoms with Gasteiger partial charge in [0.25, 0.3) is 0 Å². The molecule has 0 amide bonds. The second kappa shape index (κ2) is 5.17. The van der Waals surface area contributed by atoms with E-state index in [0.29, 0.717) is 12.2 Å². The van der Waals surface area contributed by atoms with Crippen LogP contribution in [0.1, 0.15) is 5.56 Å². The quantitative estimate of drug-likeness (QED) is 0.623. The van der Waals surface area contributed by atoms with E-state index in [1.807, 2.05) is 24.3 Å². The Hall–Kier alpha value is -2.57. The van der Waals surface area contributed by atoms with Gasteiger partial charge < -0.3 is 20.2 Å². The average molecular weight is 248 g/mol. The molecular formula is C11H12N4O3. The number of nitro groups is 1. The van der Waals surface area contributed by atoms with Crippen LogP contribution in [0.2, 0.25) is 0 Å². The smallest absolute Gasteiger partial charge is 0.366 e. The van der Waals surface area contributed by atoms with Crippen LogP contribution in [0.5, 0.6) is 5.75 Å². The van der Waals surface area contributed by atoms with Gasteiger partial charge in [-0.25, -0.2) is 0 Å². The van der Waals surface area contributed by atoms with Crippen LogP contribution >= 0.6 is 0 Å². The van der Waals surface area contributed by atoms with Crippen molar-refractivity contribution in [3.8, 4) is 5.75 Å². The fourth-order valence-electron chi connectivity index (χ4n) is 1.49. The SMILES string of the molecule is COc1ccc(CNc2cn[nH]c2[N+](=O)[O-])cc1. The summed E-state index contributed by atoms with van der Waals surface area (Å²) in [5.41, 5.74) is 1.36. The number of H-pyrrole nitrogens is 1. The lowest BCUT2D eigenvalue weighted by atomic mass is 10.2. The molecule has 0 saturated heterocycles. The molecule has 18 heavy (non-hydrogen) atoms. The summed E-state index contributed by atoms with van der Waals surface area (Å²) >= 11 is 0. The number of hydrogen-bond acceptors (Lipinski definition) is 5. The molecule has 1 aromatic carbocycles. The molecule has 0 radical (unpaired) electrons. The Morgan fingerprint density at radius 1 is 1.44 bits per heavy atom. The highest BCUT2D eigenvalue weighted by atomic mass is 16.6. The van der Waals surface area contributed by atoms with E-state index in [1.54, 1.807) is 7.11 Å². The van der Waals surface area contributed by atoms with Gasteiger partial charge in [0.05, 0.1) is 7.11 Å². The standard InChI is InChI=1S/C11H12N4O3/c1-18-9-4-2-8(3-5-9)6-12-10-7-13-14-11(10)15(16)17/h2-5,7,12H,6H2,1H3,(H,13,14). The molecular weight excluding hydrogens is 236 g/mol. The topological polar surface area (TPSA) is 93.1 Å². The number of nitrogens with zero attached hydrogens (tertiary/aromatic N) is 2. The van der Waals surface area contributed by atoms with Gasteiger partial charge in [0.15, 0.2) is 5.69 Å². The number of aromatic nitrogens is 2. The Bertz CT molecular complexity index is 535. The molecule has 94 valence electrons. The van der Waals surface area contributed by atoms with Crippen molar-refractivity contribution in [1.29, 1.82) is 0 Å². The largest absolute Gasteiger partial charge is 0.497 e. The van der Waals surface area contributed by atoms with E-state index in [9.17, 15) is 10.1 Å². The van der Waals surface area contributed by atoms with Crippen LogP contribution in [0.3, 0.4) is 0 Å². The highest BCUT2D eigenvalue weighted by Crippen LogP contribution is 2.20. The van der Waals surface area contributed by atoms with Crippen LogP contribution in [0.15, 0.2) is 30.5 Å². The van der Waals surface area contributed by atoms with Crippen molar-refractivity contribution in [2.45, 2.75) is 6.54 Å². The maximum atomic E-state index is 10.7. The van der Waals surface area contributed by atoms with E-state index in [-0.39, 0.29) is 5.82 Å². The Morgan fingerprint density at radius 3 is 2.78 bits per heavy atom. The number of hydrogen-bond donors (Lipinski definition) is 2. The highest BCUT2D eigenvalue weighted by molar-refractivity contribution is 5.55. The number of anilines is 1. The Kier molecular flexibility index (Phi) is 3.42. The molecule has 1 heterocycles. The molecule has 0 aliphatic rings. The molecule has 0 saturated carbocycles. The van der Waals surface area contributed by atoms with E-state index < -0.39 is 4.92 Å². The summed E-state index contributed by atoms with van der Waals surface area (Å²) in [6, 6.07) is 7.44. The number of methoxy groups -OCH3 is 1. The summed E-state index contributed by atoms with van der Waals surface area (Å²) in [4.78, 5) is 10.1. The van der Waals surface area contributed by atoms with E-state index in [1.165, 1.54) is 6.20 Å². The molecule has 0 bridgehead atoms. The number of rotatable bonds is 5. The van der Waals surface area contributed by atoms with Gasteiger partial charge in [0.1, 0.15) is 11.9 Å². The third kappa shape index (κ3) is 2.57. The van der Waals surface area contributed by atoms with Crippen molar-refractivity contribution in [2.24, 2.45) is 0 Å². The Morgan fingerprint density at radius 2 is 2.17 bits per heavy atom. The number of nitrogens with one attached hydrogen (secondary N) is 2. The monoisotopic (exact) mass is 248 g/mol. The van der Waals surface area contributed by atoms with E-state index in [4.69, 9.17) is 4.74 Å². The lowest BCUT2D eigenvalue weighted by Gasteiger charge is -2.05. The van der Waals surface area contributed by atoms with Crippen LogP contribution in [0.4, 0.5) is 11.5 Å². The van der Waals surface area contributed by atoms with Crippen molar-refractivity contribution in [2.75, 3.05) is 12.4 Å². The summed E-state index contributed by atoms with van der Waals surface area (Å²) in [5.74, 6) is 0.636. The molecule has 0 unspecified atom stereocenters. The first kappa shape index (κ1) is 11.9. The summed E-state index contributed by atoms with van der Waals surface area (Å²) in [5, 5.41) is 19.6. The first-order chi connectivity index (χ1) is 8.70. The van der Waals surface area contributed by atoms with Crippen LogP contribution in [-0.2, 0) is 6.54 Å². The van der Waals surface area contributed by atoms with Gasteiger partial charge in [-0.15, -0.1) is 5.10 Å². The molecule has 0 spiro atoms. The lowest BCUT2D eigenvalue weighted by Crippen LogP contribution is -2.01. The maximum absolute atomic E-state index is 10.7. The minimum absolute atomic E-state index is 0.136. The van der Waals surface area contributed by atoms with Gasteiger partial charge >= 0.3 is 5.82 Å². The molecule has 2 N–H and O–H groups in total. The molecule has 0 aliphatic heterocycles. The van der Waals surface area contributed by atoms with Crippen molar-refractivity contribution < 1.29 is 9.66 Å². The summed E-state index contributed by atoms with van der Waals surface area (Å²) < 4.78 is 5.05. The first-order valence-corrected chi connectivity index (χ1v) is 5.25. The van der Waals surface area contributed by atoms with Crippen LogP contribution in [0, 0.1) is 10.1 Å². The zero-order chi connectivity index (χ0) is 13.0. The van der Waals surface area contributed by atoms with E-state index in [0.717, 1.165) is 11.3 Å². The molecule has 2 rings (SSSR count). The second-order valence-corrected chi connectivity index (χ2v) is 3.59. The number of benzene rings is 1. The van der Waals surface area contributed by atoms with Crippen molar-refractivity contribution in [3.63, 3.8) is 0 Å². The van der Waals surface area contributed by atoms with Gasteiger partial charge in [-0.1, -0.05) is 17.2 Å². The summed E-state index contributed by atoms with van der Waals surface area (Å²) in [6.07, 6.45) is 1.39. The molecule has 7 heteroatoms. The number of aromatic amines is 1.